The average molecular weight is 495 g/mol. The number of amides is 1. The molecule has 0 radical (unpaired) electrons. The summed E-state index contributed by atoms with van der Waals surface area (Å²) in [6, 6.07) is 22.2. The van der Waals surface area contributed by atoms with E-state index in [1.807, 2.05) is 35.2 Å². The van der Waals surface area contributed by atoms with E-state index in [1.54, 1.807) is 0 Å². The summed E-state index contributed by atoms with van der Waals surface area (Å²) in [5, 5.41) is 9.14. The predicted octanol–water partition coefficient (Wildman–Crippen LogP) is 6.46. The van der Waals surface area contributed by atoms with E-state index >= 15 is 0 Å². The van der Waals surface area contributed by atoms with Crippen LogP contribution in [0.4, 0.5) is 9.18 Å². The normalized spacial score (nSPS) is 22.1. The number of benzene rings is 3. The summed E-state index contributed by atoms with van der Waals surface area (Å²) in [5.41, 5.74) is 4.97. The van der Waals surface area contributed by atoms with Crippen molar-refractivity contribution in [1.82, 2.24) is 4.90 Å². The van der Waals surface area contributed by atoms with Crippen LogP contribution in [0.1, 0.15) is 65.1 Å². The topological polar surface area (TPSA) is 70.4 Å². The molecule has 2 heterocycles. The molecular weight excluding hydrogens is 467 g/mol. The average Bonchev–Trinajstić information content (AvgIpc) is 3.24. The first-order valence-electron chi connectivity index (χ1n) is 12.9. The molecule has 1 aliphatic carbocycles. The van der Waals surface area contributed by atoms with Crippen LogP contribution in [0.25, 0.3) is 11.1 Å². The minimum absolute atomic E-state index is 0.00288. The summed E-state index contributed by atoms with van der Waals surface area (Å²) in [7, 11) is 0. The predicted molar refractivity (Wildman–Crippen MR) is 137 cm³/mol. The fourth-order valence-electron chi connectivity index (χ4n) is 6.56. The monoisotopic (exact) mass is 494 g/mol. The summed E-state index contributed by atoms with van der Waals surface area (Å²) in [6.07, 6.45) is 3.47. The van der Waals surface area contributed by atoms with Gasteiger partial charge in [0, 0.05) is 29.5 Å². The molecule has 2 bridgehead atoms. The highest BCUT2D eigenvalue weighted by atomic mass is 19.1. The highest BCUT2D eigenvalue weighted by Crippen LogP contribution is 2.45. The van der Waals surface area contributed by atoms with Gasteiger partial charge in [0.05, 0.1) is 5.56 Å². The van der Waals surface area contributed by atoms with E-state index in [2.05, 4.69) is 24.3 Å². The minimum atomic E-state index is -0.624. The van der Waals surface area contributed by atoms with Crippen LogP contribution in [-0.4, -0.2) is 35.5 Å². The molecule has 2 atom stereocenters. The van der Waals surface area contributed by atoms with Crippen LogP contribution < -0.4 is 0 Å². The van der Waals surface area contributed by atoms with Crippen molar-refractivity contribution in [3.63, 3.8) is 0 Å². The maximum atomic E-state index is 13.8. The van der Waals surface area contributed by atoms with Crippen molar-refractivity contribution in [1.29, 1.82) is 5.26 Å². The first kappa shape index (κ1) is 23.4. The van der Waals surface area contributed by atoms with E-state index in [0.717, 1.165) is 19.3 Å². The molecule has 0 spiro atoms. The van der Waals surface area contributed by atoms with Crippen molar-refractivity contribution in [2.24, 2.45) is 5.92 Å². The lowest BCUT2D eigenvalue weighted by Crippen LogP contribution is -2.55. The van der Waals surface area contributed by atoms with Gasteiger partial charge in [0.2, 0.25) is 0 Å². The Bertz CT molecular complexity index is 1370. The second kappa shape index (κ2) is 9.48. The molecule has 1 amide bonds. The number of piperidine rings is 2. The first-order chi connectivity index (χ1) is 18.0. The van der Waals surface area contributed by atoms with Gasteiger partial charge in [-0.3, -0.25) is 4.79 Å². The molecule has 186 valence electrons. The Kier molecular flexibility index (Phi) is 6.00. The van der Waals surface area contributed by atoms with Crippen molar-refractivity contribution in [2.75, 3.05) is 6.61 Å². The zero-order chi connectivity index (χ0) is 25.5. The number of halogens is 1. The minimum Gasteiger partial charge on any atom is -0.448 e. The van der Waals surface area contributed by atoms with Crippen LogP contribution in [0.15, 0.2) is 66.7 Å². The number of nitrogens with zero attached hydrogens (tertiary/aromatic N) is 2. The summed E-state index contributed by atoms with van der Waals surface area (Å²) in [5.74, 6) is -0.963. The van der Waals surface area contributed by atoms with Crippen LogP contribution in [0.3, 0.4) is 0 Å². The number of hydrogen-bond donors (Lipinski definition) is 0. The SMILES string of the molecule is N#Cc1cc(C(=O)C2CC3CCCC(C2)N3C(=O)OCC2c3ccccc3-c3ccccc32)ccc1F. The summed E-state index contributed by atoms with van der Waals surface area (Å²) >= 11 is 0. The van der Waals surface area contributed by atoms with Crippen molar-refractivity contribution in [3.8, 4) is 17.2 Å². The molecule has 3 aromatic rings. The van der Waals surface area contributed by atoms with Crippen LogP contribution in [-0.2, 0) is 4.74 Å². The van der Waals surface area contributed by atoms with Crippen LogP contribution in [0.2, 0.25) is 0 Å². The molecule has 3 aromatic carbocycles. The molecule has 2 fully saturated rings. The maximum absolute atomic E-state index is 13.8. The molecule has 2 aliphatic heterocycles. The molecule has 5 nitrogen and oxygen atoms in total. The summed E-state index contributed by atoms with van der Waals surface area (Å²) in [4.78, 5) is 28.5. The molecule has 3 aliphatic rings. The lowest BCUT2D eigenvalue weighted by atomic mass is 9.75. The largest absolute Gasteiger partial charge is 0.448 e. The lowest BCUT2D eigenvalue weighted by molar-refractivity contribution is 0.00651. The summed E-state index contributed by atoms with van der Waals surface area (Å²) < 4.78 is 19.7. The van der Waals surface area contributed by atoms with E-state index in [4.69, 9.17) is 10.00 Å². The number of carbonyl (C=O) groups is 2. The molecule has 2 saturated heterocycles. The number of nitriles is 1. The van der Waals surface area contributed by atoms with Gasteiger partial charge in [0.1, 0.15) is 18.5 Å². The number of ether oxygens (including phenoxy) is 1. The molecule has 37 heavy (non-hydrogen) atoms. The first-order valence-corrected chi connectivity index (χ1v) is 12.9. The van der Waals surface area contributed by atoms with E-state index in [-0.39, 0.29) is 48.0 Å². The van der Waals surface area contributed by atoms with Gasteiger partial charge in [-0.05, 0) is 72.6 Å². The number of rotatable bonds is 4. The van der Waals surface area contributed by atoms with Gasteiger partial charge >= 0.3 is 6.09 Å². The molecule has 0 saturated carbocycles. The van der Waals surface area contributed by atoms with Crippen molar-refractivity contribution >= 4 is 11.9 Å². The highest BCUT2D eigenvalue weighted by molar-refractivity contribution is 5.98. The summed E-state index contributed by atoms with van der Waals surface area (Å²) in [6.45, 7) is 0.275. The number of fused-ring (bicyclic) bond motifs is 5. The van der Waals surface area contributed by atoms with Gasteiger partial charge < -0.3 is 9.64 Å². The highest BCUT2D eigenvalue weighted by Gasteiger charge is 2.44. The molecule has 6 heteroatoms. The third-order valence-corrected chi connectivity index (χ3v) is 8.26. The van der Waals surface area contributed by atoms with Gasteiger partial charge in [0.25, 0.3) is 0 Å². The Morgan fingerprint density at radius 3 is 2.19 bits per heavy atom. The fraction of sp³-hybridized carbons (Fsp3) is 0.323. The van der Waals surface area contributed by atoms with Crippen molar-refractivity contribution in [2.45, 2.75) is 50.1 Å². The second-order valence-corrected chi connectivity index (χ2v) is 10.3. The third kappa shape index (κ3) is 4.09. The Morgan fingerprint density at radius 1 is 0.946 bits per heavy atom. The van der Waals surface area contributed by atoms with Gasteiger partial charge in [-0.15, -0.1) is 0 Å². The molecular formula is C31H27FN2O3. The Labute approximate surface area is 215 Å². The van der Waals surface area contributed by atoms with Crippen LogP contribution in [0, 0.1) is 23.1 Å². The Morgan fingerprint density at radius 2 is 1.57 bits per heavy atom. The zero-order valence-electron chi connectivity index (χ0n) is 20.4. The quantitative estimate of drug-likeness (QED) is 0.390. The Balaban J connectivity index is 1.16. The van der Waals surface area contributed by atoms with Crippen LogP contribution >= 0.6 is 0 Å². The fourth-order valence-corrected chi connectivity index (χ4v) is 6.56. The standard InChI is InChI=1S/C31H27FN2O3/c32-29-13-12-19(14-21(29)17-33)30(35)20-15-22-6-5-7-23(16-20)34(22)31(36)37-18-28-26-10-3-1-8-24(26)25-9-2-4-11-27(25)28/h1-4,8-14,20,22-23,28H,5-7,15-16,18H2. The molecule has 2 unspecified atom stereocenters. The maximum Gasteiger partial charge on any atom is 0.410 e. The van der Waals surface area contributed by atoms with Crippen molar-refractivity contribution in [3.05, 3.63) is 94.8 Å². The van der Waals surface area contributed by atoms with E-state index in [9.17, 15) is 14.0 Å². The molecule has 0 aromatic heterocycles. The second-order valence-electron chi connectivity index (χ2n) is 10.3. The lowest BCUT2D eigenvalue weighted by Gasteiger charge is -2.47. The number of ketones is 1. The number of carbonyl (C=O) groups excluding carboxylic acids is 2. The van der Waals surface area contributed by atoms with Crippen LogP contribution in [0.5, 0.6) is 0 Å². The van der Waals surface area contributed by atoms with Gasteiger partial charge in [0.15, 0.2) is 5.78 Å². The third-order valence-electron chi connectivity index (χ3n) is 8.26. The smallest absolute Gasteiger partial charge is 0.410 e. The van der Waals surface area contributed by atoms with E-state index in [0.29, 0.717) is 18.4 Å². The molecule has 6 rings (SSSR count). The van der Waals surface area contributed by atoms with Gasteiger partial charge in [-0.25, -0.2) is 9.18 Å². The van der Waals surface area contributed by atoms with Gasteiger partial charge in [-0.2, -0.15) is 5.26 Å². The van der Waals surface area contributed by atoms with E-state index in [1.165, 1.54) is 40.5 Å². The number of Topliss-reactive ketones (excluding diaryl/α,β-unsaturated/α-hetero) is 1. The molecule has 0 N–H and O–H groups in total. The van der Waals surface area contributed by atoms with Gasteiger partial charge in [-0.1, -0.05) is 48.5 Å². The van der Waals surface area contributed by atoms with Crippen molar-refractivity contribution < 1.29 is 18.7 Å². The zero-order valence-corrected chi connectivity index (χ0v) is 20.4. The van der Waals surface area contributed by atoms with E-state index < -0.39 is 5.82 Å². The Hall–Kier alpha value is -3.98. The number of hydrogen-bond acceptors (Lipinski definition) is 4.